The number of benzene rings is 1. The van der Waals surface area contributed by atoms with Crippen LogP contribution in [0.25, 0.3) is 5.65 Å². The van der Waals surface area contributed by atoms with Crippen molar-refractivity contribution in [2.75, 3.05) is 23.3 Å². The first kappa shape index (κ1) is 15.5. The molecule has 1 aliphatic heterocycles. The van der Waals surface area contributed by atoms with Crippen molar-refractivity contribution < 1.29 is 9.18 Å². The number of nitrogens with zero attached hydrogens (tertiary/aromatic N) is 5. The number of rotatable bonds is 3. The molecule has 1 aromatic carbocycles. The number of hydrogen-bond donors (Lipinski definition) is 1. The molecule has 0 bridgehead atoms. The SMILES string of the molecule is O=C(Nc1ccc(F)cc1)C1CCCN(c2ccc3nncn3n2)C1. The van der Waals surface area contributed by atoms with Gasteiger partial charge in [-0.2, -0.15) is 4.52 Å². The molecule has 0 spiro atoms. The third kappa shape index (κ3) is 3.28. The van der Waals surface area contributed by atoms with Gasteiger partial charge in [0.2, 0.25) is 5.91 Å². The van der Waals surface area contributed by atoms with Gasteiger partial charge in [0.05, 0.1) is 5.92 Å². The van der Waals surface area contributed by atoms with Crippen LogP contribution in [0, 0.1) is 11.7 Å². The predicted octanol–water partition coefficient (Wildman–Crippen LogP) is 2.12. The first-order chi connectivity index (χ1) is 12.2. The quantitative estimate of drug-likeness (QED) is 0.790. The van der Waals surface area contributed by atoms with Gasteiger partial charge in [0, 0.05) is 18.8 Å². The summed E-state index contributed by atoms with van der Waals surface area (Å²) in [5, 5.41) is 15.1. The minimum atomic E-state index is -0.322. The zero-order chi connectivity index (χ0) is 17.2. The van der Waals surface area contributed by atoms with E-state index in [1.54, 1.807) is 23.0 Å². The molecule has 25 heavy (non-hydrogen) atoms. The fourth-order valence-corrected chi connectivity index (χ4v) is 3.06. The van der Waals surface area contributed by atoms with Crippen LogP contribution in [0.1, 0.15) is 12.8 Å². The van der Waals surface area contributed by atoms with Crippen LogP contribution in [-0.4, -0.2) is 38.8 Å². The molecule has 1 saturated heterocycles. The summed E-state index contributed by atoms with van der Waals surface area (Å²) in [6.45, 7) is 1.44. The maximum Gasteiger partial charge on any atom is 0.229 e. The zero-order valence-electron chi connectivity index (χ0n) is 13.5. The first-order valence-corrected chi connectivity index (χ1v) is 8.17. The van der Waals surface area contributed by atoms with Gasteiger partial charge < -0.3 is 10.2 Å². The van der Waals surface area contributed by atoms with E-state index in [0.717, 1.165) is 25.2 Å². The molecule has 1 N–H and O–H groups in total. The molecule has 3 heterocycles. The Balaban J connectivity index is 1.46. The van der Waals surface area contributed by atoms with E-state index in [1.807, 2.05) is 12.1 Å². The summed E-state index contributed by atoms with van der Waals surface area (Å²) in [7, 11) is 0. The molecule has 1 atom stereocenters. The minimum Gasteiger partial charge on any atom is -0.354 e. The summed E-state index contributed by atoms with van der Waals surface area (Å²) >= 11 is 0. The van der Waals surface area contributed by atoms with Crippen LogP contribution in [0.2, 0.25) is 0 Å². The van der Waals surface area contributed by atoms with E-state index in [4.69, 9.17) is 0 Å². The number of piperidine rings is 1. The average molecular weight is 340 g/mol. The molecule has 2 aromatic heterocycles. The zero-order valence-corrected chi connectivity index (χ0v) is 13.5. The van der Waals surface area contributed by atoms with Gasteiger partial charge in [0.25, 0.3) is 0 Å². The topological polar surface area (TPSA) is 75.4 Å². The lowest BCUT2D eigenvalue weighted by atomic mass is 9.97. The van der Waals surface area contributed by atoms with Crippen LogP contribution >= 0.6 is 0 Å². The monoisotopic (exact) mass is 340 g/mol. The van der Waals surface area contributed by atoms with E-state index in [1.165, 1.54) is 12.1 Å². The third-order valence-electron chi connectivity index (χ3n) is 4.38. The summed E-state index contributed by atoms with van der Waals surface area (Å²) in [5.74, 6) is 0.280. The molecule has 0 aliphatic carbocycles. The second kappa shape index (κ2) is 6.46. The lowest BCUT2D eigenvalue weighted by Crippen LogP contribution is -2.41. The summed E-state index contributed by atoms with van der Waals surface area (Å²) in [6, 6.07) is 9.55. The summed E-state index contributed by atoms with van der Waals surface area (Å²) < 4.78 is 14.6. The van der Waals surface area contributed by atoms with E-state index in [-0.39, 0.29) is 17.6 Å². The van der Waals surface area contributed by atoms with Crippen molar-refractivity contribution in [2.24, 2.45) is 5.92 Å². The highest BCUT2D eigenvalue weighted by molar-refractivity contribution is 5.93. The first-order valence-electron chi connectivity index (χ1n) is 8.17. The normalized spacial score (nSPS) is 17.6. The van der Waals surface area contributed by atoms with Crippen molar-refractivity contribution in [3.05, 3.63) is 48.5 Å². The Morgan fingerprint density at radius 1 is 1.20 bits per heavy atom. The van der Waals surface area contributed by atoms with Gasteiger partial charge in [-0.1, -0.05) is 0 Å². The lowest BCUT2D eigenvalue weighted by Gasteiger charge is -2.32. The van der Waals surface area contributed by atoms with Gasteiger partial charge in [-0.15, -0.1) is 15.3 Å². The number of hydrogen-bond acceptors (Lipinski definition) is 5. The van der Waals surface area contributed by atoms with Gasteiger partial charge >= 0.3 is 0 Å². The van der Waals surface area contributed by atoms with Gasteiger partial charge in [-0.05, 0) is 49.2 Å². The highest BCUT2D eigenvalue weighted by Crippen LogP contribution is 2.23. The molecular formula is C17H17FN6O. The molecule has 0 radical (unpaired) electrons. The highest BCUT2D eigenvalue weighted by Gasteiger charge is 2.27. The Bertz CT molecular complexity index is 894. The Morgan fingerprint density at radius 2 is 2.04 bits per heavy atom. The van der Waals surface area contributed by atoms with Crippen LogP contribution in [0.5, 0.6) is 0 Å². The summed E-state index contributed by atoms with van der Waals surface area (Å²) in [5.41, 5.74) is 1.29. The third-order valence-corrected chi connectivity index (χ3v) is 4.38. The van der Waals surface area contributed by atoms with Gasteiger partial charge in [-0.3, -0.25) is 4.79 Å². The number of aromatic nitrogens is 4. The molecule has 1 fully saturated rings. The predicted molar refractivity (Wildman–Crippen MR) is 90.7 cm³/mol. The van der Waals surface area contributed by atoms with Crippen LogP contribution in [-0.2, 0) is 4.79 Å². The Hall–Kier alpha value is -3.03. The van der Waals surface area contributed by atoms with Crippen molar-refractivity contribution >= 4 is 23.1 Å². The molecule has 7 nitrogen and oxygen atoms in total. The number of carbonyl (C=O) groups is 1. The number of amides is 1. The summed E-state index contributed by atoms with van der Waals surface area (Å²) in [6.07, 6.45) is 3.28. The molecule has 3 aromatic rings. The van der Waals surface area contributed by atoms with Gasteiger partial charge in [-0.25, -0.2) is 4.39 Å². The van der Waals surface area contributed by atoms with Gasteiger partial charge in [0.1, 0.15) is 18.0 Å². The number of carbonyl (C=O) groups excluding carboxylic acids is 1. The number of anilines is 2. The van der Waals surface area contributed by atoms with Crippen molar-refractivity contribution in [1.29, 1.82) is 0 Å². The van der Waals surface area contributed by atoms with Crippen molar-refractivity contribution in [3.63, 3.8) is 0 Å². The molecule has 1 aliphatic rings. The Kier molecular flexibility index (Phi) is 4.01. The number of fused-ring (bicyclic) bond motifs is 1. The fraction of sp³-hybridized carbons (Fsp3) is 0.294. The highest BCUT2D eigenvalue weighted by atomic mass is 19.1. The van der Waals surface area contributed by atoms with Crippen molar-refractivity contribution in [1.82, 2.24) is 19.8 Å². The maximum atomic E-state index is 13.0. The van der Waals surface area contributed by atoms with Crippen LogP contribution < -0.4 is 10.2 Å². The average Bonchev–Trinajstić information content (AvgIpc) is 3.11. The van der Waals surface area contributed by atoms with Crippen LogP contribution in [0.4, 0.5) is 15.9 Å². The molecule has 128 valence electrons. The second-order valence-electron chi connectivity index (χ2n) is 6.11. The Labute approximate surface area is 143 Å². The van der Waals surface area contributed by atoms with Crippen molar-refractivity contribution in [2.45, 2.75) is 12.8 Å². The van der Waals surface area contributed by atoms with Crippen molar-refractivity contribution in [3.8, 4) is 0 Å². The van der Waals surface area contributed by atoms with E-state index in [0.29, 0.717) is 17.9 Å². The molecule has 4 rings (SSSR count). The largest absolute Gasteiger partial charge is 0.354 e. The molecule has 0 saturated carbocycles. The van der Waals surface area contributed by atoms with Gasteiger partial charge in [0.15, 0.2) is 5.65 Å². The fourth-order valence-electron chi connectivity index (χ4n) is 3.06. The van der Waals surface area contributed by atoms with E-state index in [2.05, 4.69) is 25.5 Å². The van der Waals surface area contributed by atoms with Crippen LogP contribution in [0.15, 0.2) is 42.7 Å². The minimum absolute atomic E-state index is 0.0540. The Morgan fingerprint density at radius 3 is 2.88 bits per heavy atom. The summed E-state index contributed by atoms with van der Waals surface area (Å²) in [4.78, 5) is 14.6. The molecule has 1 unspecified atom stereocenters. The van der Waals surface area contributed by atoms with Crippen LogP contribution in [0.3, 0.4) is 0 Å². The second-order valence-corrected chi connectivity index (χ2v) is 6.11. The van der Waals surface area contributed by atoms with E-state index < -0.39 is 0 Å². The molecule has 1 amide bonds. The molecule has 8 heteroatoms. The number of nitrogens with one attached hydrogen (secondary N) is 1. The number of halogens is 1. The smallest absolute Gasteiger partial charge is 0.229 e. The maximum absolute atomic E-state index is 13.0. The molecular weight excluding hydrogens is 323 g/mol. The lowest BCUT2D eigenvalue weighted by molar-refractivity contribution is -0.120. The van der Waals surface area contributed by atoms with E-state index >= 15 is 0 Å². The standard InChI is InChI=1S/C17H17FN6O/c18-13-3-5-14(6-4-13)20-17(25)12-2-1-9-23(10-12)16-8-7-15-21-19-11-24(15)22-16/h3-8,11-12H,1-2,9-10H2,(H,20,25). The van der Waals surface area contributed by atoms with E-state index in [9.17, 15) is 9.18 Å².